The van der Waals surface area contributed by atoms with Crippen molar-refractivity contribution in [2.75, 3.05) is 18.4 Å². The maximum atomic E-state index is 13.0. The summed E-state index contributed by atoms with van der Waals surface area (Å²) in [6, 6.07) is 16.5. The molecule has 1 aliphatic heterocycles. The van der Waals surface area contributed by atoms with E-state index < -0.39 is 15.3 Å². The number of carbonyl (C=O) groups is 1. The quantitative estimate of drug-likeness (QED) is 0.362. The Kier molecular flexibility index (Phi) is 7.00. The van der Waals surface area contributed by atoms with Crippen LogP contribution in [0, 0.1) is 6.92 Å². The van der Waals surface area contributed by atoms with E-state index in [1.165, 1.54) is 11.8 Å². The van der Waals surface area contributed by atoms with E-state index in [9.17, 15) is 13.2 Å². The van der Waals surface area contributed by atoms with Crippen molar-refractivity contribution in [2.24, 2.45) is 0 Å². The number of hydrogen-bond donors (Lipinski definition) is 1. The van der Waals surface area contributed by atoms with Gasteiger partial charge in [-0.1, -0.05) is 42.8 Å². The highest BCUT2D eigenvalue weighted by molar-refractivity contribution is 8.00. The number of para-hydroxylation sites is 1. The maximum absolute atomic E-state index is 13.0. The lowest BCUT2D eigenvalue weighted by Gasteiger charge is -2.20. The zero-order valence-electron chi connectivity index (χ0n) is 20.3. The molecule has 0 aliphatic carbocycles. The number of pyridine rings is 1. The molecular weight excluding hydrogens is 494 g/mol. The number of aryl methyl sites for hydroxylation is 1. The summed E-state index contributed by atoms with van der Waals surface area (Å²) >= 11 is 1.33. The van der Waals surface area contributed by atoms with Crippen LogP contribution in [0.2, 0.25) is 0 Å². The Morgan fingerprint density at radius 1 is 1.00 bits per heavy atom. The summed E-state index contributed by atoms with van der Waals surface area (Å²) in [4.78, 5) is 13.2. The average Bonchev–Trinajstić information content (AvgIpc) is 3.07. The molecule has 0 saturated carbocycles. The number of nitrogens with one attached hydrogen (secondary N) is 1. The molecule has 1 N–H and O–H groups in total. The number of benzene rings is 2. The summed E-state index contributed by atoms with van der Waals surface area (Å²) < 4.78 is 29.5. The molecule has 3 heterocycles. The number of fused-ring (bicyclic) bond motifs is 3. The molecule has 1 atom stereocenters. The number of aromatic nitrogens is 3. The summed E-state index contributed by atoms with van der Waals surface area (Å²) in [6.07, 6.45) is 3.90. The molecule has 0 radical (unpaired) electrons. The summed E-state index contributed by atoms with van der Waals surface area (Å²) in [7, 11) is -3.52. The van der Waals surface area contributed by atoms with Crippen LogP contribution in [-0.4, -0.2) is 51.6 Å². The van der Waals surface area contributed by atoms with Gasteiger partial charge in [0, 0.05) is 24.2 Å². The van der Waals surface area contributed by atoms with Gasteiger partial charge in [0.05, 0.1) is 15.7 Å². The highest BCUT2D eigenvalue weighted by Crippen LogP contribution is 2.29. The smallest absolute Gasteiger partial charge is 0.243 e. The lowest BCUT2D eigenvalue weighted by atomic mass is 10.1. The van der Waals surface area contributed by atoms with Gasteiger partial charge in [0.2, 0.25) is 15.9 Å². The number of nitrogens with zero attached hydrogens (tertiary/aromatic N) is 4. The van der Waals surface area contributed by atoms with Crippen molar-refractivity contribution in [3.8, 4) is 0 Å². The zero-order chi connectivity index (χ0) is 25.3. The first-order valence-corrected chi connectivity index (χ1v) is 14.5. The number of carbonyl (C=O) groups excluding carboxylic acids is 1. The summed E-state index contributed by atoms with van der Waals surface area (Å²) in [5.74, 6) is -0.198. The standard InChI is InChI=1S/C26H29N5O3S2/c1-18-17-24-28-29-26(31(24)23-10-6-5-9-22(18)23)35-19(2)25(32)27-20-11-13-21(14-12-20)36(33,34)30-15-7-3-4-8-16-30/h5-6,9-14,17,19H,3-4,7-8,15-16H2,1-2H3,(H,27,32). The number of rotatable bonds is 6. The van der Waals surface area contributed by atoms with Gasteiger partial charge in [0.15, 0.2) is 10.8 Å². The fourth-order valence-corrected chi connectivity index (χ4v) is 6.93. The molecule has 2 aromatic heterocycles. The molecule has 188 valence electrons. The molecule has 36 heavy (non-hydrogen) atoms. The minimum Gasteiger partial charge on any atom is -0.325 e. The van der Waals surface area contributed by atoms with Crippen LogP contribution < -0.4 is 5.32 Å². The maximum Gasteiger partial charge on any atom is 0.243 e. The van der Waals surface area contributed by atoms with E-state index in [1.807, 2.05) is 42.5 Å². The molecule has 5 rings (SSSR count). The number of amides is 1. The molecule has 2 aromatic carbocycles. The van der Waals surface area contributed by atoms with E-state index in [1.54, 1.807) is 28.6 Å². The third-order valence-electron chi connectivity index (χ3n) is 6.55. The first-order valence-electron chi connectivity index (χ1n) is 12.2. The van der Waals surface area contributed by atoms with Crippen molar-refractivity contribution in [3.05, 3.63) is 60.2 Å². The second kappa shape index (κ2) is 10.2. The molecule has 0 bridgehead atoms. The van der Waals surface area contributed by atoms with E-state index in [2.05, 4.69) is 21.6 Å². The van der Waals surface area contributed by atoms with Gasteiger partial charge in [-0.15, -0.1) is 10.2 Å². The molecule has 1 amide bonds. The second-order valence-corrected chi connectivity index (χ2v) is 12.4. The zero-order valence-corrected chi connectivity index (χ0v) is 22.0. The predicted octanol–water partition coefficient (Wildman–Crippen LogP) is 4.87. The van der Waals surface area contributed by atoms with Crippen LogP contribution in [0.3, 0.4) is 0 Å². The van der Waals surface area contributed by atoms with Crippen molar-refractivity contribution in [2.45, 2.75) is 54.8 Å². The SMILES string of the molecule is Cc1cc2nnc(SC(C)C(=O)Nc3ccc(S(=O)(=O)N4CCCCCC4)cc3)n2c2ccccc12. The summed E-state index contributed by atoms with van der Waals surface area (Å²) in [6.45, 7) is 4.98. The highest BCUT2D eigenvalue weighted by atomic mass is 32.2. The molecule has 10 heteroatoms. The Morgan fingerprint density at radius 2 is 1.69 bits per heavy atom. The number of sulfonamides is 1. The van der Waals surface area contributed by atoms with Crippen molar-refractivity contribution in [1.29, 1.82) is 0 Å². The lowest BCUT2D eigenvalue weighted by molar-refractivity contribution is -0.115. The number of thioether (sulfide) groups is 1. The molecule has 0 spiro atoms. The van der Waals surface area contributed by atoms with Gasteiger partial charge in [-0.25, -0.2) is 8.42 Å². The van der Waals surface area contributed by atoms with E-state index in [4.69, 9.17) is 0 Å². The van der Waals surface area contributed by atoms with Crippen molar-refractivity contribution in [3.63, 3.8) is 0 Å². The third-order valence-corrected chi connectivity index (χ3v) is 9.51. The molecule has 8 nitrogen and oxygen atoms in total. The molecule has 1 saturated heterocycles. The van der Waals surface area contributed by atoms with E-state index in [0.717, 1.165) is 47.8 Å². The normalized spacial score (nSPS) is 16.2. The Bertz CT molecular complexity index is 1510. The van der Waals surface area contributed by atoms with Gasteiger partial charge in [0.25, 0.3) is 0 Å². The van der Waals surface area contributed by atoms with Gasteiger partial charge < -0.3 is 5.32 Å². The van der Waals surface area contributed by atoms with Gasteiger partial charge in [-0.2, -0.15) is 4.31 Å². The largest absolute Gasteiger partial charge is 0.325 e. The van der Waals surface area contributed by atoms with Crippen molar-refractivity contribution in [1.82, 2.24) is 18.9 Å². The number of hydrogen-bond acceptors (Lipinski definition) is 6. The molecule has 4 aromatic rings. The third kappa shape index (κ3) is 4.85. The molecular formula is C26H29N5O3S2. The monoisotopic (exact) mass is 523 g/mol. The van der Waals surface area contributed by atoms with Crippen LogP contribution >= 0.6 is 11.8 Å². The van der Waals surface area contributed by atoms with Crippen LogP contribution in [0.1, 0.15) is 38.2 Å². The van der Waals surface area contributed by atoms with Crippen LogP contribution in [-0.2, 0) is 14.8 Å². The van der Waals surface area contributed by atoms with Crippen molar-refractivity contribution >= 4 is 49.9 Å². The summed E-state index contributed by atoms with van der Waals surface area (Å²) in [5.41, 5.74) is 3.40. The van der Waals surface area contributed by atoms with Gasteiger partial charge in [0.1, 0.15) is 0 Å². The van der Waals surface area contributed by atoms with Crippen LogP contribution in [0.4, 0.5) is 5.69 Å². The predicted molar refractivity (Wildman–Crippen MR) is 143 cm³/mol. The topological polar surface area (TPSA) is 96.7 Å². The number of anilines is 1. The van der Waals surface area contributed by atoms with Crippen LogP contribution in [0.5, 0.6) is 0 Å². The van der Waals surface area contributed by atoms with E-state index in [-0.39, 0.29) is 10.8 Å². The van der Waals surface area contributed by atoms with Crippen LogP contribution in [0.15, 0.2) is 64.6 Å². The van der Waals surface area contributed by atoms with E-state index in [0.29, 0.717) is 23.9 Å². The Balaban J connectivity index is 1.30. The first kappa shape index (κ1) is 24.7. The fraction of sp³-hybridized carbons (Fsp3) is 0.346. The van der Waals surface area contributed by atoms with Gasteiger partial charge >= 0.3 is 0 Å². The minimum atomic E-state index is -3.52. The minimum absolute atomic E-state index is 0.198. The fourth-order valence-electron chi connectivity index (χ4n) is 4.55. The Labute approximate surface area is 215 Å². The van der Waals surface area contributed by atoms with Crippen molar-refractivity contribution < 1.29 is 13.2 Å². The molecule has 1 unspecified atom stereocenters. The molecule has 1 aliphatic rings. The van der Waals surface area contributed by atoms with Gasteiger partial charge in [-0.3, -0.25) is 9.20 Å². The average molecular weight is 524 g/mol. The highest BCUT2D eigenvalue weighted by Gasteiger charge is 2.25. The lowest BCUT2D eigenvalue weighted by Crippen LogP contribution is -2.31. The Morgan fingerprint density at radius 3 is 2.42 bits per heavy atom. The van der Waals surface area contributed by atoms with E-state index >= 15 is 0 Å². The Hall–Kier alpha value is -2.95. The molecule has 1 fully saturated rings. The summed E-state index contributed by atoms with van der Waals surface area (Å²) in [5, 5.41) is 12.8. The van der Waals surface area contributed by atoms with Gasteiger partial charge in [-0.05, 0) is 68.7 Å². The van der Waals surface area contributed by atoms with Crippen LogP contribution in [0.25, 0.3) is 16.6 Å². The first-order chi connectivity index (χ1) is 17.3. The second-order valence-electron chi connectivity index (χ2n) is 9.11.